The zero-order valence-electron chi connectivity index (χ0n) is 10.9. The molecule has 0 spiro atoms. The molecular formula is C14H20ClIN2. The van der Waals surface area contributed by atoms with Crippen LogP contribution in [0, 0.1) is 9.49 Å². The summed E-state index contributed by atoms with van der Waals surface area (Å²) in [6.45, 7) is 7.68. The van der Waals surface area contributed by atoms with Gasteiger partial charge in [-0.25, -0.2) is 0 Å². The fourth-order valence-electron chi connectivity index (χ4n) is 2.50. The van der Waals surface area contributed by atoms with Gasteiger partial charge in [0, 0.05) is 29.2 Å². The van der Waals surface area contributed by atoms with Crippen LogP contribution in [0.1, 0.15) is 20.3 Å². The molecule has 1 N–H and O–H groups in total. The first-order valence-corrected chi connectivity index (χ1v) is 7.95. The van der Waals surface area contributed by atoms with Gasteiger partial charge in [0.05, 0.1) is 10.7 Å². The number of rotatable bonds is 3. The Kier molecular flexibility index (Phi) is 5.15. The minimum Gasteiger partial charge on any atom is -0.367 e. The second-order valence-corrected chi connectivity index (χ2v) is 6.98. The van der Waals surface area contributed by atoms with E-state index in [0.717, 1.165) is 30.6 Å². The van der Waals surface area contributed by atoms with E-state index in [1.54, 1.807) is 0 Å². The van der Waals surface area contributed by atoms with E-state index in [0.29, 0.717) is 6.04 Å². The molecule has 1 atom stereocenters. The van der Waals surface area contributed by atoms with Crippen LogP contribution in [-0.2, 0) is 0 Å². The summed E-state index contributed by atoms with van der Waals surface area (Å²) >= 11 is 8.66. The molecule has 0 saturated carbocycles. The Morgan fingerprint density at radius 2 is 2.28 bits per heavy atom. The van der Waals surface area contributed by atoms with E-state index in [4.69, 9.17) is 11.6 Å². The quantitative estimate of drug-likeness (QED) is 0.806. The number of piperazine rings is 1. The molecule has 1 unspecified atom stereocenters. The molecule has 1 saturated heterocycles. The van der Waals surface area contributed by atoms with Gasteiger partial charge in [-0.3, -0.25) is 0 Å². The van der Waals surface area contributed by atoms with E-state index in [1.165, 1.54) is 15.7 Å². The van der Waals surface area contributed by atoms with Crippen molar-refractivity contribution in [3.63, 3.8) is 0 Å². The van der Waals surface area contributed by atoms with Crippen LogP contribution in [0.2, 0.25) is 5.02 Å². The van der Waals surface area contributed by atoms with Crippen molar-refractivity contribution in [1.82, 2.24) is 5.32 Å². The number of anilines is 1. The summed E-state index contributed by atoms with van der Waals surface area (Å²) in [5.41, 5.74) is 1.18. The smallest absolute Gasteiger partial charge is 0.0640 e. The third-order valence-corrected chi connectivity index (χ3v) is 4.25. The first kappa shape index (κ1) is 14.4. The number of hydrogen-bond donors (Lipinski definition) is 1. The van der Waals surface area contributed by atoms with Crippen molar-refractivity contribution in [2.75, 3.05) is 24.5 Å². The van der Waals surface area contributed by atoms with Crippen molar-refractivity contribution in [2.24, 2.45) is 5.92 Å². The SMILES string of the molecule is CC(C)CC1CN(c2cc(I)ccc2Cl)CCN1. The van der Waals surface area contributed by atoms with E-state index >= 15 is 0 Å². The lowest BCUT2D eigenvalue weighted by molar-refractivity contribution is 0.388. The summed E-state index contributed by atoms with van der Waals surface area (Å²) in [5, 5.41) is 4.46. The molecule has 1 aliphatic heterocycles. The third-order valence-electron chi connectivity index (χ3n) is 3.26. The molecule has 2 nitrogen and oxygen atoms in total. The lowest BCUT2D eigenvalue weighted by Crippen LogP contribution is -2.51. The molecule has 1 aliphatic rings. The number of halogens is 2. The number of benzene rings is 1. The van der Waals surface area contributed by atoms with Gasteiger partial charge in [0.1, 0.15) is 0 Å². The van der Waals surface area contributed by atoms with E-state index in [2.05, 4.69) is 58.8 Å². The van der Waals surface area contributed by atoms with Crippen molar-refractivity contribution in [1.29, 1.82) is 0 Å². The highest BCUT2D eigenvalue weighted by Crippen LogP contribution is 2.28. The molecule has 0 aromatic heterocycles. The van der Waals surface area contributed by atoms with Crippen LogP contribution in [0.3, 0.4) is 0 Å². The minimum atomic E-state index is 0.577. The van der Waals surface area contributed by atoms with E-state index in [9.17, 15) is 0 Å². The lowest BCUT2D eigenvalue weighted by atomic mass is 10.0. The van der Waals surface area contributed by atoms with E-state index in [1.807, 2.05) is 6.07 Å². The van der Waals surface area contributed by atoms with Crippen molar-refractivity contribution < 1.29 is 0 Å². The summed E-state index contributed by atoms with van der Waals surface area (Å²) < 4.78 is 1.24. The van der Waals surface area contributed by atoms with Gasteiger partial charge in [0.15, 0.2) is 0 Å². The average Bonchev–Trinajstić information content (AvgIpc) is 2.32. The monoisotopic (exact) mass is 378 g/mol. The average molecular weight is 379 g/mol. The zero-order chi connectivity index (χ0) is 13.1. The normalized spacial score (nSPS) is 20.5. The first-order valence-electron chi connectivity index (χ1n) is 6.49. The van der Waals surface area contributed by atoms with Crippen molar-refractivity contribution >= 4 is 39.9 Å². The largest absolute Gasteiger partial charge is 0.367 e. The summed E-state index contributed by atoms with van der Waals surface area (Å²) in [4.78, 5) is 2.41. The topological polar surface area (TPSA) is 15.3 Å². The van der Waals surface area contributed by atoms with Crippen LogP contribution in [0.4, 0.5) is 5.69 Å². The molecule has 2 rings (SSSR count). The summed E-state index contributed by atoms with van der Waals surface area (Å²) in [7, 11) is 0. The third kappa shape index (κ3) is 3.75. The van der Waals surface area contributed by atoms with Gasteiger partial charge in [0.25, 0.3) is 0 Å². The highest BCUT2D eigenvalue weighted by Gasteiger charge is 2.21. The van der Waals surface area contributed by atoms with Crippen molar-refractivity contribution in [3.8, 4) is 0 Å². The molecule has 4 heteroatoms. The second kappa shape index (κ2) is 6.44. The Labute approximate surface area is 128 Å². The highest BCUT2D eigenvalue weighted by molar-refractivity contribution is 14.1. The summed E-state index contributed by atoms with van der Waals surface area (Å²) in [5.74, 6) is 0.730. The van der Waals surface area contributed by atoms with Crippen LogP contribution < -0.4 is 10.2 Å². The molecule has 100 valence electrons. The van der Waals surface area contributed by atoms with E-state index < -0.39 is 0 Å². The Balaban J connectivity index is 2.10. The maximum Gasteiger partial charge on any atom is 0.0640 e. The maximum atomic E-state index is 6.32. The zero-order valence-corrected chi connectivity index (χ0v) is 13.8. The van der Waals surface area contributed by atoms with Crippen LogP contribution in [-0.4, -0.2) is 25.7 Å². The molecule has 0 aliphatic carbocycles. The summed E-state index contributed by atoms with van der Waals surface area (Å²) in [6.07, 6.45) is 1.22. The summed E-state index contributed by atoms with van der Waals surface area (Å²) in [6, 6.07) is 6.81. The predicted molar refractivity (Wildman–Crippen MR) is 87.6 cm³/mol. The molecule has 0 amide bonds. The minimum absolute atomic E-state index is 0.577. The Bertz CT molecular complexity index is 409. The van der Waals surface area contributed by atoms with Crippen LogP contribution in [0.5, 0.6) is 0 Å². The van der Waals surface area contributed by atoms with Gasteiger partial charge >= 0.3 is 0 Å². The van der Waals surface area contributed by atoms with Gasteiger partial charge in [0.2, 0.25) is 0 Å². The maximum absolute atomic E-state index is 6.32. The van der Waals surface area contributed by atoms with Crippen LogP contribution in [0.15, 0.2) is 18.2 Å². The van der Waals surface area contributed by atoms with Gasteiger partial charge < -0.3 is 10.2 Å². The van der Waals surface area contributed by atoms with Crippen molar-refractivity contribution in [2.45, 2.75) is 26.3 Å². The molecule has 0 bridgehead atoms. The molecular weight excluding hydrogens is 359 g/mol. The molecule has 1 heterocycles. The predicted octanol–water partition coefficient (Wildman–Crippen LogP) is 3.77. The standard InChI is InChI=1S/C14H20ClIN2/c1-10(2)7-12-9-18(6-5-17-12)14-8-11(16)3-4-13(14)15/h3-4,8,10,12,17H,5-7,9H2,1-2H3. The molecule has 1 fully saturated rings. The number of nitrogens with zero attached hydrogens (tertiary/aromatic N) is 1. The van der Waals surface area contributed by atoms with Crippen molar-refractivity contribution in [3.05, 3.63) is 26.8 Å². The fourth-order valence-corrected chi connectivity index (χ4v) is 3.21. The fraction of sp³-hybridized carbons (Fsp3) is 0.571. The molecule has 18 heavy (non-hydrogen) atoms. The van der Waals surface area contributed by atoms with Gasteiger partial charge in [-0.2, -0.15) is 0 Å². The van der Waals surface area contributed by atoms with Gasteiger partial charge in [-0.05, 0) is 53.1 Å². The first-order chi connectivity index (χ1) is 8.56. The van der Waals surface area contributed by atoms with Crippen LogP contribution >= 0.6 is 34.2 Å². The Morgan fingerprint density at radius 1 is 1.50 bits per heavy atom. The Morgan fingerprint density at radius 3 is 3.00 bits per heavy atom. The Hall–Kier alpha value is -0.000000000000000132. The molecule has 1 aromatic carbocycles. The number of nitrogens with one attached hydrogen (secondary N) is 1. The second-order valence-electron chi connectivity index (χ2n) is 5.32. The lowest BCUT2D eigenvalue weighted by Gasteiger charge is -2.36. The van der Waals surface area contributed by atoms with Crippen LogP contribution in [0.25, 0.3) is 0 Å². The van der Waals surface area contributed by atoms with Gasteiger partial charge in [-0.15, -0.1) is 0 Å². The van der Waals surface area contributed by atoms with Gasteiger partial charge in [-0.1, -0.05) is 25.4 Å². The number of hydrogen-bond acceptors (Lipinski definition) is 2. The molecule has 1 aromatic rings. The highest BCUT2D eigenvalue weighted by atomic mass is 127. The molecule has 0 radical (unpaired) electrons. The van der Waals surface area contributed by atoms with E-state index in [-0.39, 0.29) is 0 Å².